The summed E-state index contributed by atoms with van der Waals surface area (Å²) < 4.78 is 0. The van der Waals surface area contributed by atoms with Crippen molar-refractivity contribution in [3.05, 3.63) is 17.1 Å². The lowest BCUT2D eigenvalue weighted by Crippen LogP contribution is -2.02. The molecule has 0 saturated heterocycles. The van der Waals surface area contributed by atoms with Crippen LogP contribution in [0.4, 0.5) is 5.82 Å². The van der Waals surface area contributed by atoms with Crippen molar-refractivity contribution in [2.75, 3.05) is 5.73 Å². The van der Waals surface area contributed by atoms with Crippen molar-refractivity contribution < 1.29 is 0 Å². The van der Waals surface area contributed by atoms with Gasteiger partial charge in [-0.15, -0.1) is 0 Å². The van der Waals surface area contributed by atoms with Crippen LogP contribution in [0.3, 0.4) is 0 Å². The number of nitrogens with one attached hydrogen (secondary N) is 1. The van der Waals surface area contributed by atoms with Crippen molar-refractivity contribution in [1.82, 2.24) is 15.3 Å². The molecule has 0 saturated carbocycles. The number of anilines is 1. The number of rotatable bonds is 0. The predicted octanol–water partition coefficient (Wildman–Crippen LogP) is -0.0296. The van der Waals surface area contributed by atoms with E-state index in [2.05, 4.69) is 15.3 Å². The van der Waals surface area contributed by atoms with Crippen LogP contribution in [-0.4, -0.2) is 9.97 Å². The first kappa shape index (κ1) is 6.54. The molecule has 0 fully saturated rings. The van der Waals surface area contributed by atoms with Crippen LogP contribution in [0, 0.1) is 6.92 Å². The van der Waals surface area contributed by atoms with E-state index >= 15 is 0 Å². The molecule has 0 unspecified atom stereocenters. The third-order valence-electron chi connectivity index (χ3n) is 1.83. The average molecular weight is 150 g/mol. The van der Waals surface area contributed by atoms with E-state index in [0.717, 1.165) is 30.2 Å². The molecule has 1 aliphatic heterocycles. The maximum atomic E-state index is 5.68. The van der Waals surface area contributed by atoms with E-state index in [0.29, 0.717) is 5.82 Å². The van der Waals surface area contributed by atoms with Crippen LogP contribution in [0.2, 0.25) is 0 Å². The molecule has 0 amide bonds. The summed E-state index contributed by atoms with van der Waals surface area (Å²) in [5, 5.41) is 3.17. The highest BCUT2D eigenvalue weighted by atomic mass is 15.0. The second kappa shape index (κ2) is 2.17. The molecule has 2 heterocycles. The lowest BCUT2D eigenvalue weighted by Gasteiger charge is -2.01. The molecule has 0 aliphatic carbocycles. The molecule has 1 aromatic rings. The Morgan fingerprint density at radius 2 is 2.18 bits per heavy atom. The van der Waals surface area contributed by atoms with E-state index in [1.807, 2.05) is 6.92 Å². The standard InChI is InChI=1S/C7H10N4/c1-4-10-6-3-9-2-5(6)7(8)11-4/h9H,2-3H2,1H3,(H2,8,10,11). The SMILES string of the molecule is Cc1nc(N)c2c(n1)CNC2. The number of aryl methyl sites for hydroxylation is 1. The molecule has 0 bridgehead atoms. The van der Waals surface area contributed by atoms with Crippen LogP contribution in [0.25, 0.3) is 0 Å². The van der Waals surface area contributed by atoms with Gasteiger partial charge in [0.2, 0.25) is 0 Å². The molecule has 4 heteroatoms. The molecule has 0 radical (unpaired) electrons. The monoisotopic (exact) mass is 150 g/mol. The van der Waals surface area contributed by atoms with Crippen molar-refractivity contribution in [3.8, 4) is 0 Å². The molecule has 0 atom stereocenters. The van der Waals surface area contributed by atoms with Crippen molar-refractivity contribution in [2.24, 2.45) is 0 Å². The Kier molecular flexibility index (Phi) is 1.29. The van der Waals surface area contributed by atoms with Crippen molar-refractivity contribution in [1.29, 1.82) is 0 Å². The van der Waals surface area contributed by atoms with Gasteiger partial charge in [-0.25, -0.2) is 9.97 Å². The van der Waals surface area contributed by atoms with Crippen LogP contribution in [0.5, 0.6) is 0 Å². The largest absolute Gasteiger partial charge is 0.383 e. The second-order valence-electron chi connectivity index (χ2n) is 2.68. The zero-order valence-corrected chi connectivity index (χ0v) is 6.39. The van der Waals surface area contributed by atoms with Crippen LogP contribution in [-0.2, 0) is 13.1 Å². The first-order chi connectivity index (χ1) is 5.27. The third-order valence-corrected chi connectivity index (χ3v) is 1.83. The number of nitrogens with zero attached hydrogens (tertiary/aromatic N) is 2. The Hall–Kier alpha value is -1.16. The summed E-state index contributed by atoms with van der Waals surface area (Å²) in [4.78, 5) is 8.33. The summed E-state index contributed by atoms with van der Waals surface area (Å²) in [6.07, 6.45) is 0. The average Bonchev–Trinajstić information content (AvgIpc) is 2.34. The highest BCUT2D eigenvalue weighted by Crippen LogP contribution is 2.17. The molecule has 1 aliphatic rings. The van der Waals surface area contributed by atoms with Gasteiger partial charge < -0.3 is 11.1 Å². The maximum absolute atomic E-state index is 5.68. The summed E-state index contributed by atoms with van der Waals surface area (Å²) in [6, 6.07) is 0. The first-order valence-electron chi connectivity index (χ1n) is 3.60. The summed E-state index contributed by atoms with van der Waals surface area (Å²) in [7, 11) is 0. The van der Waals surface area contributed by atoms with E-state index in [1.165, 1.54) is 0 Å². The van der Waals surface area contributed by atoms with E-state index in [1.54, 1.807) is 0 Å². The third kappa shape index (κ3) is 0.952. The molecule has 3 N–H and O–H groups in total. The summed E-state index contributed by atoms with van der Waals surface area (Å²) in [5.41, 5.74) is 7.80. The van der Waals surface area contributed by atoms with Gasteiger partial charge in [-0.3, -0.25) is 0 Å². The number of nitrogen functional groups attached to an aromatic ring is 1. The van der Waals surface area contributed by atoms with Gasteiger partial charge in [0.1, 0.15) is 11.6 Å². The van der Waals surface area contributed by atoms with Crippen molar-refractivity contribution in [2.45, 2.75) is 20.0 Å². The fourth-order valence-electron chi connectivity index (χ4n) is 1.32. The first-order valence-corrected chi connectivity index (χ1v) is 3.60. The van der Waals surface area contributed by atoms with Crippen molar-refractivity contribution in [3.63, 3.8) is 0 Å². The number of hydrogen-bond donors (Lipinski definition) is 2. The van der Waals surface area contributed by atoms with Crippen LogP contribution in [0.1, 0.15) is 17.1 Å². The minimum Gasteiger partial charge on any atom is -0.383 e. The van der Waals surface area contributed by atoms with E-state index in [9.17, 15) is 0 Å². The molecule has 58 valence electrons. The fourth-order valence-corrected chi connectivity index (χ4v) is 1.32. The Bertz CT molecular complexity index is 295. The number of hydrogen-bond acceptors (Lipinski definition) is 4. The van der Waals surface area contributed by atoms with E-state index < -0.39 is 0 Å². The lowest BCUT2D eigenvalue weighted by molar-refractivity contribution is 0.757. The smallest absolute Gasteiger partial charge is 0.131 e. The van der Waals surface area contributed by atoms with E-state index in [4.69, 9.17) is 5.73 Å². The number of nitrogens with two attached hydrogens (primary N) is 1. The Labute approximate surface area is 64.8 Å². The van der Waals surface area contributed by atoms with Gasteiger partial charge in [-0.2, -0.15) is 0 Å². The van der Waals surface area contributed by atoms with Crippen LogP contribution >= 0.6 is 0 Å². The Morgan fingerprint density at radius 3 is 3.00 bits per heavy atom. The molecule has 0 spiro atoms. The van der Waals surface area contributed by atoms with Gasteiger partial charge in [-0.05, 0) is 6.92 Å². The second-order valence-corrected chi connectivity index (χ2v) is 2.68. The molecule has 0 aromatic carbocycles. The minimum atomic E-state index is 0.623. The summed E-state index contributed by atoms with van der Waals surface area (Å²) in [6.45, 7) is 3.49. The van der Waals surface area contributed by atoms with Crippen LogP contribution in [0.15, 0.2) is 0 Å². The number of fused-ring (bicyclic) bond motifs is 1. The van der Waals surface area contributed by atoms with Crippen LogP contribution < -0.4 is 11.1 Å². The molecule has 11 heavy (non-hydrogen) atoms. The normalized spacial score (nSPS) is 15.0. The van der Waals surface area contributed by atoms with Gasteiger partial charge >= 0.3 is 0 Å². The quantitative estimate of drug-likeness (QED) is 0.545. The molecule has 1 aromatic heterocycles. The molecular formula is C7H10N4. The van der Waals surface area contributed by atoms with Gasteiger partial charge in [0.05, 0.1) is 5.69 Å². The summed E-state index contributed by atoms with van der Waals surface area (Å²) >= 11 is 0. The van der Waals surface area contributed by atoms with Gasteiger partial charge in [0.15, 0.2) is 0 Å². The van der Waals surface area contributed by atoms with Gasteiger partial charge in [0.25, 0.3) is 0 Å². The molecule has 2 rings (SSSR count). The zero-order chi connectivity index (χ0) is 7.84. The molecular weight excluding hydrogens is 140 g/mol. The fraction of sp³-hybridized carbons (Fsp3) is 0.429. The summed E-state index contributed by atoms with van der Waals surface area (Å²) in [5.74, 6) is 1.38. The van der Waals surface area contributed by atoms with Gasteiger partial charge in [-0.1, -0.05) is 0 Å². The van der Waals surface area contributed by atoms with Gasteiger partial charge in [0, 0.05) is 18.7 Å². The Morgan fingerprint density at radius 1 is 1.36 bits per heavy atom. The Balaban J connectivity index is 2.60. The predicted molar refractivity (Wildman–Crippen MR) is 41.7 cm³/mol. The maximum Gasteiger partial charge on any atom is 0.131 e. The van der Waals surface area contributed by atoms with E-state index in [-0.39, 0.29) is 0 Å². The topological polar surface area (TPSA) is 63.8 Å². The lowest BCUT2D eigenvalue weighted by atomic mass is 10.2. The highest BCUT2D eigenvalue weighted by molar-refractivity contribution is 5.43. The zero-order valence-electron chi connectivity index (χ0n) is 6.39. The minimum absolute atomic E-state index is 0.623. The molecule has 4 nitrogen and oxygen atoms in total. The van der Waals surface area contributed by atoms with Crippen molar-refractivity contribution >= 4 is 5.82 Å². The number of aromatic nitrogens is 2. The highest BCUT2D eigenvalue weighted by Gasteiger charge is 2.15.